The molecule has 126 valence electrons. The van der Waals surface area contributed by atoms with Crippen LogP contribution >= 0.6 is 0 Å². The second-order valence-electron chi connectivity index (χ2n) is 6.43. The molecule has 0 N–H and O–H groups in total. The van der Waals surface area contributed by atoms with Gasteiger partial charge in [0.15, 0.2) is 5.75 Å². The highest BCUT2D eigenvalue weighted by Crippen LogP contribution is 2.42. The molecular weight excluding hydrogens is 328 g/mol. The number of hydrogen-bond donors (Lipinski definition) is 0. The zero-order valence-corrected chi connectivity index (χ0v) is 13.8. The summed E-state index contributed by atoms with van der Waals surface area (Å²) in [6.45, 7) is 0. The third kappa shape index (κ3) is 2.15. The molecule has 26 heavy (non-hydrogen) atoms. The van der Waals surface area contributed by atoms with Crippen molar-refractivity contribution in [3.63, 3.8) is 0 Å². The summed E-state index contributed by atoms with van der Waals surface area (Å²) in [6.07, 6.45) is 0.115. The minimum atomic E-state index is -0.455. The predicted octanol–water partition coefficient (Wildman–Crippen LogP) is 4.39. The smallest absolute Gasteiger partial charge is 0.343 e. The van der Waals surface area contributed by atoms with Crippen LogP contribution in [0.4, 0.5) is 0 Å². The third-order valence-corrected chi connectivity index (χ3v) is 4.93. The first-order valence-corrected chi connectivity index (χ1v) is 8.46. The normalized spacial score (nSPS) is 16.5. The van der Waals surface area contributed by atoms with Crippen LogP contribution in [0.2, 0.25) is 0 Å². The van der Waals surface area contributed by atoms with Gasteiger partial charge >= 0.3 is 11.6 Å². The summed E-state index contributed by atoms with van der Waals surface area (Å²) in [4.78, 5) is 25.1. The average Bonchev–Trinajstić information content (AvgIpc) is 2.67. The van der Waals surface area contributed by atoms with Gasteiger partial charge in [0.25, 0.3) is 0 Å². The molecule has 4 aromatic rings. The second-order valence-corrected chi connectivity index (χ2v) is 6.43. The van der Waals surface area contributed by atoms with Crippen molar-refractivity contribution in [1.82, 2.24) is 0 Å². The summed E-state index contributed by atoms with van der Waals surface area (Å²) in [5, 5.41) is 2.73. The molecule has 1 aromatic heterocycles. The third-order valence-electron chi connectivity index (χ3n) is 4.93. The van der Waals surface area contributed by atoms with Gasteiger partial charge in [0.1, 0.15) is 5.58 Å². The highest BCUT2D eigenvalue weighted by atomic mass is 16.5. The number of carbonyl (C=O) groups excluding carboxylic acids is 1. The molecule has 0 saturated heterocycles. The molecule has 0 spiro atoms. The van der Waals surface area contributed by atoms with Crippen molar-refractivity contribution in [3.05, 3.63) is 88.3 Å². The largest absolute Gasteiger partial charge is 0.425 e. The lowest BCUT2D eigenvalue weighted by atomic mass is 9.84. The molecule has 4 heteroatoms. The van der Waals surface area contributed by atoms with Crippen LogP contribution in [-0.2, 0) is 4.79 Å². The maximum absolute atomic E-state index is 12.7. The van der Waals surface area contributed by atoms with E-state index in [1.807, 2.05) is 48.5 Å². The van der Waals surface area contributed by atoms with Crippen LogP contribution in [0.5, 0.6) is 5.75 Å². The summed E-state index contributed by atoms with van der Waals surface area (Å²) in [7, 11) is 0. The van der Waals surface area contributed by atoms with E-state index in [1.54, 1.807) is 18.2 Å². The quantitative estimate of drug-likeness (QED) is 0.380. The standard InChI is InChI=1S/C22H14O4/c23-19-12-17(15-10-5-7-13-6-1-2-8-14(13)15)20-21(26-19)16-9-3-4-11-18(16)25-22(20)24/h1-11,17H,12H2. The van der Waals surface area contributed by atoms with Gasteiger partial charge in [-0.05, 0) is 28.5 Å². The van der Waals surface area contributed by atoms with Gasteiger partial charge in [0.2, 0.25) is 0 Å². The van der Waals surface area contributed by atoms with Crippen LogP contribution in [0.3, 0.4) is 0 Å². The van der Waals surface area contributed by atoms with E-state index >= 15 is 0 Å². The Morgan fingerprint density at radius 3 is 2.42 bits per heavy atom. The molecule has 1 aliphatic rings. The molecule has 1 aliphatic heterocycles. The highest BCUT2D eigenvalue weighted by Gasteiger charge is 2.34. The Labute approximate surface area is 148 Å². The number of rotatable bonds is 1. The highest BCUT2D eigenvalue weighted by molar-refractivity contribution is 5.92. The monoisotopic (exact) mass is 342 g/mol. The predicted molar refractivity (Wildman–Crippen MR) is 98.5 cm³/mol. The molecule has 3 aromatic carbocycles. The Morgan fingerprint density at radius 1 is 0.808 bits per heavy atom. The molecule has 2 heterocycles. The Kier molecular flexibility index (Phi) is 3.19. The minimum Gasteiger partial charge on any atom is -0.425 e. The van der Waals surface area contributed by atoms with Gasteiger partial charge in [0.05, 0.1) is 17.4 Å². The summed E-state index contributed by atoms with van der Waals surface area (Å²) in [5.74, 6) is -0.407. The molecular formula is C22H14O4. The van der Waals surface area contributed by atoms with E-state index in [4.69, 9.17) is 9.15 Å². The molecule has 0 fully saturated rings. The number of para-hydroxylation sites is 1. The first-order valence-electron chi connectivity index (χ1n) is 8.46. The Morgan fingerprint density at radius 2 is 1.54 bits per heavy atom. The number of esters is 1. The van der Waals surface area contributed by atoms with E-state index in [-0.39, 0.29) is 12.4 Å². The fourth-order valence-electron chi connectivity index (χ4n) is 3.79. The van der Waals surface area contributed by atoms with Crippen LogP contribution < -0.4 is 10.4 Å². The van der Waals surface area contributed by atoms with Crippen molar-refractivity contribution in [2.24, 2.45) is 0 Å². The first-order chi connectivity index (χ1) is 12.7. The molecule has 0 bridgehead atoms. The van der Waals surface area contributed by atoms with Gasteiger partial charge in [0, 0.05) is 5.92 Å². The van der Waals surface area contributed by atoms with Crippen molar-refractivity contribution in [2.45, 2.75) is 12.3 Å². The van der Waals surface area contributed by atoms with Gasteiger partial charge < -0.3 is 9.15 Å². The van der Waals surface area contributed by atoms with E-state index < -0.39 is 11.5 Å². The molecule has 1 unspecified atom stereocenters. The van der Waals surface area contributed by atoms with Crippen LogP contribution in [0.15, 0.2) is 75.9 Å². The Bertz CT molecular complexity index is 1230. The van der Waals surface area contributed by atoms with Crippen molar-refractivity contribution in [1.29, 1.82) is 0 Å². The van der Waals surface area contributed by atoms with Crippen LogP contribution in [0.1, 0.15) is 23.5 Å². The molecule has 0 aliphatic carbocycles. The Balaban J connectivity index is 1.85. The molecule has 0 amide bonds. The maximum atomic E-state index is 12.7. The molecule has 4 nitrogen and oxygen atoms in total. The van der Waals surface area contributed by atoms with Crippen molar-refractivity contribution < 1.29 is 13.9 Å². The SMILES string of the molecule is O=C1CC(c2cccc3ccccc23)c2c(c3ccccc3oc2=O)O1. The lowest BCUT2D eigenvalue weighted by Gasteiger charge is -2.25. The van der Waals surface area contributed by atoms with Crippen LogP contribution in [-0.4, -0.2) is 5.97 Å². The van der Waals surface area contributed by atoms with Gasteiger partial charge in [-0.3, -0.25) is 4.79 Å². The second kappa shape index (κ2) is 5.56. The number of carbonyl (C=O) groups is 1. The van der Waals surface area contributed by atoms with Crippen molar-refractivity contribution >= 4 is 27.7 Å². The van der Waals surface area contributed by atoms with E-state index in [2.05, 4.69) is 0 Å². The summed E-state index contributed by atoms with van der Waals surface area (Å²) in [5.41, 5.74) is 1.31. The fourth-order valence-corrected chi connectivity index (χ4v) is 3.79. The number of ether oxygens (including phenoxy) is 1. The van der Waals surface area contributed by atoms with E-state index in [0.29, 0.717) is 22.3 Å². The van der Waals surface area contributed by atoms with E-state index in [0.717, 1.165) is 16.3 Å². The molecule has 0 saturated carbocycles. The van der Waals surface area contributed by atoms with Gasteiger partial charge in [-0.1, -0.05) is 54.6 Å². The zero-order chi connectivity index (χ0) is 17.7. The Hall–Kier alpha value is -3.40. The average molecular weight is 342 g/mol. The molecule has 0 radical (unpaired) electrons. The summed E-state index contributed by atoms with van der Waals surface area (Å²) >= 11 is 0. The lowest BCUT2D eigenvalue weighted by molar-refractivity contribution is -0.135. The maximum Gasteiger partial charge on any atom is 0.343 e. The van der Waals surface area contributed by atoms with Crippen LogP contribution in [0, 0.1) is 0 Å². The zero-order valence-electron chi connectivity index (χ0n) is 13.8. The van der Waals surface area contributed by atoms with Crippen molar-refractivity contribution in [2.75, 3.05) is 0 Å². The summed E-state index contributed by atoms with van der Waals surface area (Å²) < 4.78 is 11.0. The van der Waals surface area contributed by atoms with Gasteiger partial charge in [-0.15, -0.1) is 0 Å². The number of hydrogen-bond acceptors (Lipinski definition) is 4. The minimum absolute atomic E-state index is 0.115. The van der Waals surface area contributed by atoms with Crippen LogP contribution in [0.25, 0.3) is 21.7 Å². The van der Waals surface area contributed by atoms with E-state index in [9.17, 15) is 9.59 Å². The lowest BCUT2D eigenvalue weighted by Crippen LogP contribution is -2.26. The molecule has 1 atom stereocenters. The van der Waals surface area contributed by atoms with Crippen molar-refractivity contribution in [3.8, 4) is 5.75 Å². The van der Waals surface area contributed by atoms with E-state index in [1.165, 1.54) is 0 Å². The fraction of sp³-hybridized carbons (Fsp3) is 0.0909. The summed E-state index contributed by atoms with van der Waals surface area (Å²) in [6, 6.07) is 21.0. The van der Waals surface area contributed by atoms with Gasteiger partial charge in [-0.2, -0.15) is 0 Å². The number of benzene rings is 3. The molecule has 5 rings (SSSR count). The first kappa shape index (κ1) is 14.9. The number of fused-ring (bicyclic) bond motifs is 4. The van der Waals surface area contributed by atoms with Gasteiger partial charge in [-0.25, -0.2) is 4.79 Å². The topological polar surface area (TPSA) is 56.5 Å².